The minimum atomic E-state index is -0.959. The molecule has 3 heterocycles. The Labute approximate surface area is 195 Å². The smallest absolute Gasteiger partial charge is 0.191 e. The summed E-state index contributed by atoms with van der Waals surface area (Å²) in [7, 11) is 0. The van der Waals surface area contributed by atoms with Crippen LogP contribution in [0, 0.1) is 5.92 Å². The van der Waals surface area contributed by atoms with Gasteiger partial charge in [-0.2, -0.15) is 0 Å². The minimum Gasteiger partial charge on any atom is -0.383 e. The Morgan fingerprint density at radius 2 is 2.14 bits per heavy atom. The lowest BCUT2D eigenvalue weighted by atomic mass is 9.97. The molecule has 9 heteroatoms. The highest BCUT2D eigenvalue weighted by atomic mass is 127. The zero-order chi connectivity index (χ0) is 19.8. The molecular formula is C20H35IN4O3S. The molecular weight excluding hydrogens is 503 g/mol. The van der Waals surface area contributed by atoms with E-state index in [9.17, 15) is 5.11 Å². The maximum Gasteiger partial charge on any atom is 0.191 e. The second-order valence-electron chi connectivity index (χ2n) is 7.67. The molecule has 1 aromatic heterocycles. The van der Waals surface area contributed by atoms with E-state index in [2.05, 4.69) is 27.4 Å². The second kappa shape index (κ2) is 12.4. The Morgan fingerprint density at radius 1 is 1.34 bits per heavy atom. The Morgan fingerprint density at radius 3 is 2.76 bits per heavy atom. The number of aliphatic imine (C=N–C) groups is 1. The Bertz CT molecular complexity index is 603. The van der Waals surface area contributed by atoms with Gasteiger partial charge in [0.15, 0.2) is 5.96 Å². The number of hydrogen-bond donors (Lipinski definition) is 3. The highest BCUT2D eigenvalue weighted by Gasteiger charge is 2.31. The Hall–Kier alpha value is -0.460. The zero-order valence-corrected chi connectivity index (χ0v) is 20.6. The lowest BCUT2D eigenvalue weighted by Crippen LogP contribution is -2.53. The predicted octanol–water partition coefficient (Wildman–Crippen LogP) is 1.87. The molecule has 0 spiro atoms. The third-order valence-corrected chi connectivity index (χ3v) is 6.57. The molecule has 29 heavy (non-hydrogen) atoms. The van der Waals surface area contributed by atoms with Crippen LogP contribution in [0.4, 0.5) is 0 Å². The van der Waals surface area contributed by atoms with Gasteiger partial charge in [0.05, 0.1) is 26.4 Å². The minimum absolute atomic E-state index is 0. The number of halogens is 1. The van der Waals surface area contributed by atoms with Gasteiger partial charge in [-0.05, 0) is 31.7 Å². The van der Waals surface area contributed by atoms with Crippen molar-refractivity contribution in [3.8, 4) is 0 Å². The fraction of sp³-hybridized carbons (Fsp3) is 0.750. The van der Waals surface area contributed by atoms with E-state index in [0.717, 1.165) is 69.9 Å². The summed E-state index contributed by atoms with van der Waals surface area (Å²) in [5.41, 5.74) is -0.959. The lowest BCUT2D eigenvalue weighted by Gasteiger charge is -2.37. The number of nitrogens with one attached hydrogen (secondary N) is 2. The van der Waals surface area contributed by atoms with E-state index in [-0.39, 0.29) is 24.0 Å². The van der Waals surface area contributed by atoms with E-state index >= 15 is 0 Å². The van der Waals surface area contributed by atoms with Gasteiger partial charge < -0.3 is 25.2 Å². The standard InChI is InChI=1S/C20H34N4O3S.HI/c1-3-21-19(23-15-20(2,25)18-5-4-12-28-18)22-13-17(16-6-9-27-14-16)24-7-10-26-11-8-24;/h4-5,12,16-17,25H,3,6-11,13-15H2,1-2H3,(H2,21,22,23);1H. The van der Waals surface area contributed by atoms with Gasteiger partial charge in [0.25, 0.3) is 0 Å². The highest BCUT2D eigenvalue weighted by Crippen LogP contribution is 2.25. The zero-order valence-electron chi connectivity index (χ0n) is 17.4. The largest absolute Gasteiger partial charge is 0.383 e. The summed E-state index contributed by atoms with van der Waals surface area (Å²) in [5, 5.41) is 19.5. The summed E-state index contributed by atoms with van der Waals surface area (Å²) in [6.07, 6.45) is 1.10. The fourth-order valence-electron chi connectivity index (χ4n) is 3.80. The molecule has 0 amide bonds. The third kappa shape index (κ3) is 7.32. The van der Waals surface area contributed by atoms with E-state index in [1.54, 1.807) is 11.3 Å². The molecule has 0 aliphatic carbocycles. The monoisotopic (exact) mass is 538 g/mol. The number of aliphatic hydroxyl groups is 1. The summed E-state index contributed by atoms with van der Waals surface area (Å²) in [6, 6.07) is 4.31. The number of nitrogens with zero attached hydrogens (tertiary/aromatic N) is 2. The molecule has 3 rings (SSSR count). The number of rotatable bonds is 8. The van der Waals surface area contributed by atoms with Crippen molar-refractivity contribution in [3.63, 3.8) is 0 Å². The van der Waals surface area contributed by atoms with Crippen LogP contribution in [0.1, 0.15) is 25.1 Å². The number of thiophene rings is 1. The van der Waals surface area contributed by atoms with Crippen molar-refractivity contribution in [3.05, 3.63) is 22.4 Å². The normalized spacial score (nSPS) is 23.8. The van der Waals surface area contributed by atoms with E-state index in [1.807, 2.05) is 24.4 Å². The second-order valence-corrected chi connectivity index (χ2v) is 8.61. The highest BCUT2D eigenvalue weighted by molar-refractivity contribution is 14.0. The van der Waals surface area contributed by atoms with Crippen LogP contribution in [0.5, 0.6) is 0 Å². The van der Waals surface area contributed by atoms with Crippen molar-refractivity contribution < 1.29 is 14.6 Å². The van der Waals surface area contributed by atoms with Gasteiger partial charge >= 0.3 is 0 Å². The van der Waals surface area contributed by atoms with Gasteiger partial charge in [0, 0.05) is 49.6 Å². The molecule has 166 valence electrons. The van der Waals surface area contributed by atoms with Crippen LogP contribution in [0.3, 0.4) is 0 Å². The number of hydrogen-bond acceptors (Lipinski definition) is 6. The molecule has 0 aromatic carbocycles. The summed E-state index contributed by atoms with van der Waals surface area (Å²) >= 11 is 1.56. The van der Waals surface area contributed by atoms with E-state index < -0.39 is 5.60 Å². The first kappa shape index (κ1) is 24.8. The predicted molar refractivity (Wildman–Crippen MR) is 128 cm³/mol. The van der Waals surface area contributed by atoms with Crippen LogP contribution >= 0.6 is 35.3 Å². The number of morpholine rings is 1. The maximum atomic E-state index is 10.8. The summed E-state index contributed by atoms with van der Waals surface area (Å²) < 4.78 is 11.2. The van der Waals surface area contributed by atoms with Crippen molar-refractivity contribution in [1.82, 2.24) is 15.5 Å². The molecule has 3 atom stereocenters. The van der Waals surface area contributed by atoms with Crippen LogP contribution < -0.4 is 10.6 Å². The summed E-state index contributed by atoms with van der Waals surface area (Å²) in [5.74, 6) is 1.28. The molecule has 1 aromatic rings. The molecule has 3 N–H and O–H groups in total. The molecule has 2 fully saturated rings. The van der Waals surface area contributed by atoms with Crippen molar-refractivity contribution in [1.29, 1.82) is 0 Å². The Kier molecular flexibility index (Phi) is 10.6. The quantitative estimate of drug-likeness (QED) is 0.267. The maximum absolute atomic E-state index is 10.8. The number of guanidine groups is 1. The Balaban J connectivity index is 0.00000300. The lowest BCUT2D eigenvalue weighted by molar-refractivity contribution is 0.00245. The van der Waals surface area contributed by atoms with Crippen LogP contribution in [-0.4, -0.2) is 81.2 Å². The van der Waals surface area contributed by atoms with Crippen molar-refractivity contribution in [2.45, 2.75) is 31.9 Å². The molecule has 3 unspecified atom stereocenters. The van der Waals surface area contributed by atoms with Gasteiger partial charge in [-0.3, -0.25) is 4.90 Å². The summed E-state index contributed by atoms with van der Waals surface area (Å²) in [6.45, 7) is 11.0. The van der Waals surface area contributed by atoms with Crippen LogP contribution in [-0.2, 0) is 15.1 Å². The van der Waals surface area contributed by atoms with Gasteiger partial charge in [-0.25, -0.2) is 4.99 Å². The van der Waals surface area contributed by atoms with Gasteiger partial charge in [0.2, 0.25) is 0 Å². The molecule has 0 saturated carbocycles. The third-order valence-electron chi connectivity index (χ3n) is 5.44. The van der Waals surface area contributed by atoms with Crippen LogP contribution in [0.15, 0.2) is 22.5 Å². The first-order valence-electron chi connectivity index (χ1n) is 10.3. The molecule has 2 aliphatic heterocycles. The van der Waals surface area contributed by atoms with Gasteiger partial charge in [-0.1, -0.05) is 6.07 Å². The van der Waals surface area contributed by atoms with Crippen LogP contribution in [0.2, 0.25) is 0 Å². The number of ether oxygens (including phenoxy) is 2. The average molecular weight is 538 g/mol. The van der Waals surface area contributed by atoms with Gasteiger partial charge in [-0.15, -0.1) is 35.3 Å². The average Bonchev–Trinajstić information content (AvgIpc) is 3.41. The molecule has 7 nitrogen and oxygen atoms in total. The first-order valence-corrected chi connectivity index (χ1v) is 11.2. The molecule has 2 saturated heterocycles. The van der Waals surface area contributed by atoms with Crippen molar-refractivity contribution in [2.75, 3.05) is 59.2 Å². The molecule has 0 radical (unpaired) electrons. The molecule has 2 aliphatic rings. The van der Waals surface area contributed by atoms with Crippen molar-refractivity contribution >= 4 is 41.3 Å². The molecule has 0 bridgehead atoms. The van der Waals surface area contributed by atoms with E-state index in [0.29, 0.717) is 18.5 Å². The topological polar surface area (TPSA) is 78.4 Å². The first-order chi connectivity index (χ1) is 13.6. The van der Waals surface area contributed by atoms with E-state index in [1.165, 1.54) is 0 Å². The summed E-state index contributed by atoms with van der Waals surface area (Å²) in [4.78, 5) is 8.11. The van der Waals surface area contributed by atoms with Crippen LogP contribution in [0.25, 0.3) is 0 Å². The van der Waals surface area contributed by atoms with Gasteiger partial charge in [0.1, 0.15) is 5.60 Å². The fourth-order valence-corrected chi connectivity index (χ4v) is 4.58. The SMILES string of the molecule is CCNC(=NCC(C)(O)c1cccs1)NCC(C1CCOC1)N1CCOCC1.I. The van der Waals surface area contributed by atoms with E-state index in [4.69, 9.17) is 9.47 Å². The van der Waals surface area contributed by atoms with Crippen molar-refractivity contribution in [2.24, 2.45) is 10.9 Å².